The molecular weight excluding hydrogens is 468 g/mol. The molecule has 0 fully saturated rings. The number of hydrogen-bond donors (Lipinski definition) is 1. The number of benzene rings is 2. The van der Waals surface area contributed by atoms with Gasteiger partial charge in [0.1, 0.15) is 5.75 Å². The van der Waals surface area contributed by atoms with E-state index in [4.69, 9.17) is 9.26 Å². The molecule has 0 atom stereocenters. The molecule has 2 heterocycles. The lowest BCUT2D eigenvalue weighted by atomic mass is 10.2. The monoisotopic (exact) mass is 492 g/mol. The summed E-state index contributed by atoms with van der Waals surface area (Å²) in [5.74, 6) is 0.600. The maximum atomic E-state index is 13.1. The zero-order valence-corrected chi connectivity index (χ0v) is 20.0. The largest absolute Gasteiger partial charge is 0.455 e. The van der Waals surface area contributed by atoms with E-state index in [0.717, 1.165) is 0 Å². The van der Waals surface area contributed by atoms with Gasteiger partial charge in [0.2, 0.25) is 10.0 Å². The standard InChI is InChI=1S/C25H24N4O5S/c1-3-29(4-2)35(31,32)20-12-13-23(33-19-10-6-5-7-11-19)21(15-20)27-25(30)22-16-24(34-28-22)18-9-8-14-26-17-18/h5-17H,3-4H2,1-2H3,(H,27,30). The van der Waals surface area contributed by atoms with E-state index in [1.807, 2.05) is 18.2 Å². The molecular formula is C25H24N4O5S. The molecule has 1 amide bonds. The van der Waals surface area contributed by atoms with Crippen molar-refractivity contribution in [2.24, 2.45) is 0 Å². The second-order valence-corrected chi connectivity index (χ2v) is 9.37. The Morgan fingerprint density at radius 3 is 2.49 bits per heavy atom. The first-order chi connectivity index (χ1) is 16.9. The predicted molar refractivity (Wildman–Crippen MR) is 131 cm³/mol. The molecule has 4 aromatic rings. The summed E-state index contributed by atoms with van der Waals surface area (Å²) >= 11 is 0. The Balaban J connectivity index is 1.68. The van der Waals surface area contributed by atoms with Crippen LogP contribution in [-0.4, -0.2) is 41.9 Å². The molecule has 0 spiro atoms. The minimum Gasteiger partial charge on any atom is -0.455 e. The zero-order valence-electron chi connectivity index (χ0n) is 19.2. The molecule has 10 heteroatoms. The SMILES string of the molecule is CCN(CC)S(=O)(=O)c1ccc(Oc2ccccc2)c(NC(=O)c2cc(-c3cccnc3)on2)c1. The number of para-hydroxylation sites is 1. The van der Waals surface area contributed by atoms with E-state index in [1.54, 1.807) is 50.5 Å². The van der Waals surface area contributed by atoms with Crippen molar-refractivity contribution in [1.29, 1.82) is 0 Å². The number of amides is 1. The van der Waals surface area contributed by atoms with Crippen LogP contribution >= 0.6 is 0 Å². The number of nitrogens with zero attached hydrogens (tertiary/aromatic N) is 3. The molecule has 35 heavy (non-hydrogen) atoms. The van der Waals surface area contributed by atoms with E-state index < -0.39 is 15.9 Å². The molecule has 4 rings (SSSR count). The highest BCUT2D eigenvalue weighted by atomic mass is 32.2. The Hall–Kier alpha value is -4.02. The lowest BCUT2D eigenvalue weighted by Gasteiger charge is -2.20. The molecule has 0 aliphatic heterocycles. The Bertz CT molecular complexity index is 1400. The van der Waals surface area contributed by atoms with Crippen LogP contribution in [0.2, 0.25) is 0 Å². The van der Waals surface area contributed by atoms with Crippen LogP contribution in [0.5, 0.6) is 11.5 Å². The molecule has 0 saturated heterocycles. The zero-order chi connectivity index (χ0) is 24.8. The van der Waals surface area contributed by atoms with E-state index in [0.29, 0.717) is 30.2 Å². The number of sulfonamides is 1. The van der Waals surface area contributed by atoms with Gasteiger partial charge in [0.25, 0.3) is 5.91 Å². The second kappa shape index (κ2) is 10.5. The van der Waals surface area contributed by atoms with Gasteiger partial charge in [-0.1, -0.05) is 37.2 Å². The minimum atomic E-state index is -3.76. The van der Waals surface area contributed by atoms with Crippen LogP contribution in [0.3, 0.4) is 0 Å². The minimum absolute atomic E-state index is 0.0199. The van der Waals surface area contributed by atoms with Crippen LogP contribution in [0.15, 0.2) is 88.5 Å². The Morgan fingerprint density at radius 2 is 1.80 bits per heavy atom. The van der Waals surface area contributed by atoms with Crippen molar-refractivity contribution < 1.29 is 22.5 Å². The normalized spacial score (nSPS) is 11.4. The number of carbonyl (C=O) groups is 1. The van der Waals surface area contributed by atoms with Gasteiger partial charge in [-0.15, -0.1) is 0 Å². The summed E-state index contributed by atoms with van der Waals surface area (Å²) < 4.78 is 38.7. The molecule has 0 bridgehead atoms. The van der Waals surface area contributed by atoms with E-state index in [9.17, 15) is 13.2 Å². The Labute approximate surface area is 203 Å². The third-order valence-corrected chi connectivity index (χ3v) is 7.25. The molecule has 0 unspecified atom stereocenters. The predicted octanol–water partition coefficient (Wildman–Crippen LogP) is 4.81. The van der Waals surface area contributed by atoms with Crippen LogP contribution in [-0.2, 0) is 10.0 Å². The van der Waals surface area contributed by atoms with Gasteiger partial charge in [0.15, 0.2) is 17.2 Å². The average molecular weight is 493 g/mol. The van der Waals surface area contributed by atoms with Crippen LogP contribution in [0.25, 0.3) is 11.3 Å². The Kier molecular flexibility index (Phi) is 7.23. The summed E-state index contributed by atoms with van der Waals surface area (Å²) in [6.45, 7) is 4.17. The van der Waals surface area contributed by atoms with Crippen molar-refractivity contribution in [3.8, 4) is 22.8 Å². The van der Waals surface area contributed by atoms with Gasteiger partial charge in [-0.05, 0) is 42.5 Å². The van der Waals surface area contributed by atoms with Gasteiger partial charge in [0.05, 0.1) is 10.6 Å². The van der Waals surface area contributed by atoms with Crippen LogP contribution in [0, 0.1) is 0 Å². The van der Waals surface area contributed by atoms with E-state index in [-0.39, 0.29) is 22.0 Å². The van der Waals surface area contributed by atoms with E-state index in [2.05, 4.69) is 15.5 Å². The number of anilines is 1. The highest BCUT2D eigenvalue weighted by Crippen LogP contribution is 2.33. The Morgan fingerprint density at radius 1 is 1.03 bits per heavy atom. The summed E-state index contributed by atoms with van der Waals surface area (Å²) in [6.07, 6.45) is 3.22. The molecule has 0 aliphatic rings. The lowest BCUT2D eigenvalue weighted by Crippen LogP contribution is -2.30. The summed E-state index contributed by atoms with van der Waals surface area (Å²) in [5.41, 5.74) is 0.865. The van der Waals surface area contributed by atoms with Gasteiger partial charge in [-0.25, -0.2) is 8.42 Å². The summed E-state index contributed by atoms with van der Waals surface area (Å²) in [5, 5.41) is 6.56. The highest BCUT2D eigenvalue weighted by Gasteiger charge is 2.24. The molecule has 1 N–H and O–H groups in total. The van der Waals surface area contributed by atoms with Crippen molar-refractivity contribution in [1.82, 2.24) is 14.4 Å². The lowest BCUT2D eigenvalue weighted by molar-refractivity contribution is 0.101. The van der Waals surface area contributed by atoms with E-state index >= 15 is 0 Å². The maximum Gasteiger partial charge on any atom is 0.277 e. The summed E-state index contributed by atoms with van der Waals surface area (Å²) in [6, 6.07) is 18.3. The number of carbonyl (C=O) groups excluding carboxylic acids is 1. The fourth-order valence-electron chi connectivity index (χ4n) is 3.40. The van der Waals surface area contributed by atoms with E-state index in [1.165, 1.54) is 28.6 Å². The molecule has 0 saturated carbocycles. The average Bonchev–Trinajstić information content (AvgIpc) is 3.37. The number of hydrogen-bond acceptors (Lipinski definition) is 7. The molecule has 0 aliphatic carbocycles. The number of rotatable bonds is 9. The van der Waals surface area contributed by atoms with Gasteiger partial charge in [-0.3, -0.25) is 9.78 Å². The first-order valence-corrected chi connectivity index (χ1v) is 12.4. The molecule has 2 aromatic carbocycles. The third-order valence-electron chi connectivity index (χ3n) is 5.20. The summed E-state index contributed by atoms with van der Waals surface area (Å²) in [7, 11) is -3.76. The number of ether oxygens (including phenoxy) is 1. The molecule has 180 valence electrons. The molecule has 0 radical (unpaired) electrons. The molecule has 9 nitrogen and oxygen atoms in total. The fraction of sp³-hybridized carbons (Fsp3) is 0.160. The maximum absolute atomic E-state index is 13.1. The van der Waals surface area contributed by atoms with Crippen LogP contribution in [0.4, 0.5) is 5.69 Å². The van der Waals surface area contributed by atoms with Crippen molar-refractivity contribution in [2.75, 3.05) is 18.4 Å². The van der Waals surface area contributed by atoms with Crippen molar-refractivity contribution in [2.45, 2.75) is 18.7 Å². The third kappa shape index (κ3) is 5.39. The topological polar surface area (TPSA) is 115 Å². The number of aromatic nitrogens is 2. The smallest absolute Gasteiger partial charge is 0.277 e. The summed E-state index contributed by atoms with van der Waals surface area (Å²) in [4.78, 5) is 17.1. The molecule has 2 aromatic heterocycles. The first kappa shape index (κ1) is 24.1. The van der Waals surface area contributed by atoms with Gasteiger partial charge >= 0.3 is 0 Å². The van der Waals surface area contributed by atoms with Crippen molar-refractivity contribution >= 4 is 21.6 Å². The van der Waals surface area contributed by atoms with Gasteiger partial charge < -0.3 is 14.6 Å². The number of pyridine rings is 1. The van der Waals surface area contributed by atoms with Gasteiger partial charge in [-0.2, -0.15) is 4.31 Å². The van der Waals surface area contributed by atoms with Crippen LogP contribution < -0.4 is 10.1 Å². The second-order valence-electron chi connectivity index (χ2n) is 7.43. The number of nitrogens with one attached hydrogen (secondary N) is 1. The van der Waals surface area contributed by atoms with Crippen molar-refractivity contribution in [3.63, 3.8) is 0 Å². The highest BCUT2D eigenvalue weighted by molar-refractivity contribution is 7.89. The van der Waals surface area contributed by atoms with Gasteiger partial charge in [0, 0.05) is 37.1 Å². The van der Waals surface area contributed by atoms with Crippen molar-refractivity contribution in [3.05, 3.63) is 84.8 Å². The first-order valence-electron chi connectivity index (χ1n) is 11.0. The van der Waals surface area contributed by atoms with Crippen LogP contribution in [0.1, 0.15) is 24.3 Å². The fourth-order valence-corrected chi connectivity index (χ4v) is 4.88. The quantitative estimate of drug-likeness (QED) is 0.356.